The molecule has 0 aromatic carbocycles. The first-order valence-corrected chi connectivity index (χ1v) is 6.71. The second-order valence-electron chi connectivity index (χ2n) is 6.05. The van der Waals surface area contributed by atoms with Crippen LogP contribution in [-0.4, -0.2) is 53.7 Å². The summed E-state index contributed by atoms with van der Waals surface area (Å²) in [7, 11) is 0. The van der Waals surface area contributed by atoms with Crippen LogP contribution in [0.3, 0.4) is 0 Å². The highest BCUT2D eigenvalue weighted by atomic mass is 16.5. The van der Waals surface area contributed by atoms with Gasteiger partial charge in [0.15, 0.2) is 0 Å². The third kappa shape index (κ3) is 2.23. The summed E-state index contributed by atoms with van der Waals surface area (Å²) in [4.78, 5) is 25.6. The van der Waals surface area contributed by atoms with E-state index in [0.29, 0.717) is 26.0 Å². The molecule has 0 saturated carbocycles. The Labute approximate surface area is 112 Å². The average molecular weight is 270 g/mol. The summed E-state index contributed by atoms with van der Waals surface area (Å²) in [5.74, 6) is -1.02. The largest absolute Gasteiger partial charge is 0.481 e. The van der Waals surface area contributed by atoms with E-state index < -0.39 is 16.9 Å². The molecule has 0 bridgehead atoms. The Morgan fingerprint density at radius 3 is 2.47 bits per heavy atom. The van der Waals surface area contributed by atoms with E-state index in [1.807, 2.05) is 13.8 Å². The van der Waals surface area contributed by atoms with Crippen molar-refractivity contribution in [3.63, 3.8) is 0 Å². The molecule has 108 valence electrons. The van der Waals surface area contributed by atoms with Gasteiger partial charge in [-0.05, 0) is 18.8 Å². The predicted octanol–water partition coefficient (Wildman–Crippen LogP) is 0.0635. The first-order chi connectivity index (χ1) is 8.82. The lowest BCUT2D eigenvalue weighted by Gasteiger charge is -2.31. The molecule has 2 aliphatic rings. The van der Waals surface area contributed by atoms with Crippen molar-refractivity contribution in [1.82, 2.24) is 4.90 Å². The van der Waals surface area contributed by atoms with E-state index in [1.165, 1.54) is 0 Å². The highest BCUT2D eigenvalue weighted by Crippen LogP contribution is 2.39. The van der Waals surface area contributed by atoms with Gasteiger partial charge in [0.25, 0.3) is 0 Å². The molecule has 2 aliphatic heterocycles. The van der Waals surface area contributed by atoms with Crippen LogP contribution in [-0.2, 0) is 14.3 Å². The van der Waals surface area contributed by atoms with E-state index in [2.05, 4.69) is 0 Å². The van der Waals surface area contributed by atoms with Gasteiger partial charge in [-0.3, -0.25) is 9.59 Å². The zero-order valence-electron chi connectivity index (χ0n) is 11.5. The lowest BCUT2D eigenvalue weighted by atomic mass is 9.76. The van der Waals surface area contributed by atoms with Gasteiger partial charge in [0, 0.05) is 19.7 Å². The van der Waals surface area contributed by atoms with Crippen LogP contribution in [0.2, 0.25) is 0 Å². The molecule has 0 spiro atoms. The lowest BCUT2D eigenvalue weighted by Crippen LogP contribution is -2.56. The lowest BCUT2D eigenvalue weighted by molar-refractivity contribution is -0.151. The Morgan fingerprint density at radius 1 is 1.37 bits per heavy atom. The maximum absolute atomic E-state index is 12.4. The summed E-state index contributed by atoms with van der Waals surface area (Å²) in [6.07, 6.45) is 0.993. The van der Waals surface area contributed by atoms with Crippen LogP contribution in [0.5, 0.6) is 0 Å². The Kier molecular flexibility index (Phi) is 3.57. The molecular weight excluding hydrogens is 248 g/mol. The van der Waals surface area contributed by atoms with Crippen molar-refractivity contribution in [3.05, 3.63) is 0 Å². The predicted molar refractivity (Wildman–Crippen MR) is 68.5 cm³/mol. The number of ether oxygens (including phenoxy) is 1. The molecule has 0 radical (unpaired) electrons. The molecule has 3 N–H and O–H groups in total. The molecule has 0 aromatic heterocycles. The molecule has 6 nitrogen and oxygen atoms in total. The van der Waals surface area contributed by atoms with Gasteiger partial charge >= 0.3 is 5.97 Å². The van der Waals surface area contributed by atoms with E-state index in [-0.39, 0.29) is 25.0 Å². The number of nitrogens with zero attached hydrogens (tertiary/aromatic N) is 1. The first kappa shape index (κ1) is 14.3. The van der Waals surface area contributed by atoms with E-state index in [4.69, 9.17) is 10.5 Å². The Balaban J connectivity index is 2.13. The molecule has 0 aromatic rings. The van der Waals surface area contributed by atoms with Gasteiger partial charge in [0.1, 0.15) is 5.54 Å². The van der Waals surface area contributed by atoms with Gasteiger partial charge in [-0.2, -0.15) is 0 Å². The number of amides is 1. The van der Waals surface area contributed by atoms with Crippen LogP contribution in [0.1, 0.15) is 26.7 Å². The highest BCUT2D eigenvalue weighted by Gasteiger charge is 2.51. The average Bonchev–Trinajstić information content (AvgIpc) is 2.95. The SMILES string of the molecule is CC(C)C1(C(=O)O)CCN(C(=O)C2(N)CCOC2)C1. The first-order valence-electron chi connectivity index (χ1n) is 6.71. The molecule has 2 fully saturated rings. The molecular formula is C13H22N2O4. The summed E-state index contributed by atoms with van der Waals surface area (Å²) >= 11 is 0. The summed E-state index contributed by atoms with van der Waals surface area (Å²) in [5.41, 5.74) is 4.25. The van der Waals surface area contributed by atoms with E-state index >= 15 is 0 Å². The number of rotatable bonds is 3. The van der Waals surface area contributed by atoms with Gasteiger partial charge in [-0.1, -0.05) is 13.8 Å². The van der Waals surface area contributed by atoms with Gasteiger partial charge in [-0.25, -0.2) is 0 Å². The van der Waals surface area contributed by atoms with Crippen molar-refractivity contribution >= 4 is 11.9 Å². The van der Waals surface area contributed by atoms with Crippen LogP contribution < -0.4 is 5.73 Å². The minimum atomic E-state index is -0.967. The smallest absolute Gasteiger partial charge is 0.311 e. The highest BCUT2D eigenvalue weighted by molar-refractivity contribution is 5.88. The fraction of sp³-hybridized carbons (Fsp3) is 0.846. The Bertz CT molecular complexity index is 390. The molecule has 2 atom stereocenters. The number of hydrogen-bond acceptors (Lipinski definition) is 4. The normalized spacial score (nSPS) is 35.1. The second kappa shape index (κ2) is 4.76. The number of carbonyl (C=O) groups is 2. The van der Waals surface area contributed by atoms with Crippen molar-refractivity contribution < 1.29 is 19.4 Å². The number of nitrogens with two attached hydrogens (primary N) is 1. The summed E-state index contributed by atoms with van der Waals surface area (Å²) < 4.78 is 5.20. The maximum atomic E-state index is 12.4. The van der Waals surface area contributed by atoms with Crippen LogP contribution in [0.4, 0.5) is 0 Å². The molecule has 2 unspecified atom stereocenters. The molecule has 2 saturated heterocycles. The van der Waals surface area contributed by atoms with Crippen molar-refractivity contribution in [3.8, 4) is 0 Å². The topological polar surface area (TPSA) is 92.9 Å². The fourth-order valence-electron chi connectivity index (χ4n) is 2.96. The van der Waals surface area contributed by atoms with Gasteiger partial charge in [-0.15, -0.1) is 0 Å². The second-order valence-corrected chi connectivity index (χ2v) is 6.05. The van der Waals surface area contributed by atoms with E-state index in [0.717, 1.165) is 0 Å². The van der Waals surface area contributed by atoms with E-state index in [1.54, 1.807) is 4.90 Å². The summed E-state index contributed by atoms with van der Waals surface area (Å²) in [6, 6.07) is 0. The molecule has 0 aliphatic carbocycles. The minimum Gasteiger partial charge on any atom is -0.481 e. The zero-order chi connectivity index (χ0) is 14.3. The molecule has 1 amide bonds. The van der Waals surface area contributed by atoms with Gasteiger partial charge < -0.3 is 20.5 Å². The fourth-order valence-corrected chi connectivity index (χ4v) is 2.96. The Morgan fingerprint density at radius 2 is 2.05 bits per heavy atom. The third-order valence-electron chi connectivity index (χ3n) is 4.60. The van der Waals surface area contributed by atoms with Gasteiger partial charge in [0.05, 0.1) is 12.0 Å². The number of aliphatic carboxylic acids is 1. The van der Waals surface area contributed by atoms with Crippen LogP contribution in [0.15, 0.2) is 0 Å². The molecule has 19 heavy (non-hydrogen) atoms. The maximum Gasteiger partial charge on any atom is 0.311 e. The monoisotopic (exact) mass is 270 g/mol. The van der Waals surface area contributed by atoms with Crippen molar-refractivity contribution in [2.45, 2.75) is 32.2 Å². The quantitative estimate of drug-likeness (QED) is 0.756. The third-order valence-corrected chi connectivity index (χ3v) is 4.60. The van der Waals surface area contributed by atoms with Crippen LogP contribution in [0.25, 0.3) is 0 Å². The number of carboxylic acids is 1. The summed E-state index contributed by atoms with van der Waals surface area (Å²) in [5, 5.41) is 9.47. The van der Waals surface area contributed by atoms with Crippen LogP contribution >= 0.6 is 0 Å². The minimum absolute atomic E-state index is 0.0173. The molecule has 2 heterocycles. The number of carboxylic acid groups (broad SMARTS) is 1. The number of carbonyl (C=O) groups excluding carboxylic acids is 1. The van der Waals surface area contributed by atoms with Crippen LogP contribution in [0, 0.1) is 11.3 Å². The number of hydrogen-bond donors (Lipinski definition) is 2. The van der Waals surface area contributed by atoms with Gasteiger partial charge in [0.2, 0.25) is 5.91 Å². The van der Waals surface area contributed by atoms with E-state index in [9.17, 15) is 14.7 Å². The number of likely N-dealkylation sites (tertiary alicyclic amines) is 1. The summed E-state index contributed by atoms with van der Waals surface area (Å²) in [6.45, 7) is 5.20. The van der Waals surface area contributed by atoms with Crippen molar-refractivity contribution in [2.24, 2.45) is 17.1 Å². The van der Waals surface area contributed by atoms with Crippen molar-refractivity contribution in [1.29, 1.82) is 0 Å². The van der Waals surface area contributed by atoms with Crippen molar-refractivity contribution in [2.75, 3.05) is 26.3 Å². The standard InChI is InChI=1S/C13H22N2O4/c1-9(2)12(11(17)18)3-5-15(7-12)10(16)13(14)4-6-19-8-13/h9H,3-8,14H2,1-2H3,(H,17,18). The molecule has 2 rings (SSSR count). The Hall–Kier alpha value is -1.14. The zero-order valence-corrected chi connectivity index (χ0v) is 11.5. The molecule has 6 heteroatoms.